The molecule has 0 aliphatic heterocycles. The van der Waals surface area contributed by atoms with Crippen LogP contribution in [0, 0.1) is 0 Å². The van der Waals surface area contributed by atoms with Crippen LogP contribution in [0.2, 0.25) is 0 Å². The Morgan fingerprint density at radius 1 is 1.43 bits per heavy atom. The number of hydrogen-bond donors (Lipinski definition) is 3. The van der Waals surface area contributed by atoms with Crippen molar-refractivity contribution in [3.05, 3.63) is 0 Å². The Kier molecular flexibility index (Phi) is 2.93. The molecule has 0 amide bonds. The summed E-state index contributed by atoms with van der Waals surface area (Å²) in [4.78, 5) is 0. The van der Waals surface area contributed by atoms with Gasteiger partial charge in [-0.05, 0) is 0 Å². The van der Waals surface area contributed by atoms with Crippen molar-refractivity contribution in [1.29, 1.82) is 0 Å². The van der Waals surface area contributed by atoms with Gasteiger partial charge in [0.1, 0.15) is 0 Å². The molecule has 0 aliphatic rings. The molecule has 42 valence electrons. The molecule has 0 aromatic rings. The third kappa shape index (κ3) is 5.89. The molecule has 0 aliphatic carbocycles. The van der Waals surface area contributed by atoms with E-state index >= 15 is 0 Å². The first-order valence-corrected chi connectivity index (χ1v) is 2.40. The van der Waals surface area contributed by atoms with Crippen molar-refractivity contribution in [2.24, 2.45) is 0 Å². The zero-order valence-electron chi connectivity index (χ0n) is 3.14. The van der Waals surface area contributed by atoms with Gasteiger partial charge in [0.15, 0.2) is 0 Å². The minimum Gasteiger partial charge on any atom is -0.401 e. The standard InChI is InChI=1S/BH3O5S/c2-1(3)6-7(4)5/h2-3,7H. The van der Waals surface area contributed by atoms with Gasteiger partial charge in [0.2, 0.25) is 11.0 Å². The van der Waals surface area contributed by atoms with Crippen LogP contribution < -0.4 is 0 Å². The van der Waals surface area contributed by atoms with E-state index in [2.05, 4.69) is 4.10 Å². The molecule has 0 rings (SSSR count). The zero-order chi connectivity index (χ0) is 5.86. The Balaban J connectivity index is 3.32. The van der Waals surface area contributed by atoms with Gasteiger partial charge in [-0.3, -0.25) is 4.10 Å². The summed E-state index contributed by atoms with van der Waals surface area (Å²) in [6.07, 6.45) is 0. The van der Waals surface area contributed by atoms with E-state index in [1.807, 2.05) is 0 Å². The van der Waals surface area contributed by atoms with Gasteiger partial charge in [0.25, 0.3) is 0 Å². The highest BCUT2D eigenvalue weighted by atomic mass is 32.2. The minimum absolute atomic E-state index is 2.22. The average Bonchev–Trinajstić information content (AvgIpc) is 1.27. The number of rotatable bonds is 2. The van der Waals surface area contributed by atoms with E-state index in [9.17, 15) is 8.42 Å². The summed E-state index contributed by atoms with van der Waals surface area (Å²) in [5.41, 5.74) is 0. The van der Waals surface area contributed by atoms with E-state index in [1.165, 1.54) is 0 Å². The lowest BCUT2D eigenvalue weighted by Crippen LogP contribution is -2.15. The van der Waals surface area contributed by atoms with Gasteiger partial charge in [0.05, 0.1) is 0 Å². The smallest absolute Gasteiger partial charge is 0.401 e. The van der Waals surface area contributed by atoms with E-state index in [4.69, 9.17) is 10.0 Å². The largest absolute Gasteiger partial charge is 0.648 e. The van der Waals surface area contributed by atoms with Gasteiger partial charge < -0.3 is 10.0 Å². The molecule has 0 atom stereocenters. The molecular weight excluding hydrogens is 123 g/mol. The molecule has 0 aromatic heterocycles. The Morgan fingerprint density at radius 2 is 1.86 bits per heavy atom. The SMILES string of the molecule is O=[SH](=O)OB(O)O. The predicted molar refractivity (Wildman–Crippen MR) is 21.6 cm³/mol. The van der Waals surface area contributed by atoms with Crippen molar-refractivity contribution in [2.75, 3.05) is 0 Å². The van der Waals surface area contributed by atoms with Gasteiger partial charge in [-0.1, -0.05) is 0 Å². The minimum atomic E-state index is -3.14. The molecular formula is H3BO5S. The normalized spacial score (nSPS) is 9.57. The average molecular weight is 126 g/mol. The van der Waals surface area contributed by atoms with E-state index in [-0.39, 0.29) is 0 Å². The quantitative estimate of drug-likeness (QED) is 0.281. The van der Waals surface area contributed by atoms with Gasteiger partial charge in [-0.2, -0.15) is 0 Å². The van der Waals surface area contributed by atoms with Crippen LogP contribution >= 0.6 is 0 Å². The van der Waals surface area contributed by atoms with Crippen LogP contribution in [0.1, 0.15) is 0 Å². The van der Waals surface area contributed by atoms with Crippen molar-refractivity contribution in [3.63, 3.8) is 0 Å². The first-order valence-electron chi connectivity index (χ1n) is 1.30. The second-order valence-electron chi connectivity index (χ2n) is 0.655. The molecule has 0 bridgehead atoms. The molecule has 5 nitrogen and oxygen atoms in total. The maximum Gasteiger partial charge on any atom is 0.648 e. The highest BCUT2D eigenvalue weighted by Crippen LogP contribution is 1.70. The van der Waals surface area contributed by atoms with Crippen LogP contribution in [-0.4, -0.2) is 25.8 Å². The molecule has 0 unspecified atom stereocenters. The van der Waals surface area contributed by atoms with Gasteiger partial charge >= 0.3 is 7.32 Å². The summed E-state index contributed by atoms with van der Waals surface area (Å²) in [5, 5.41) is 15.3. The Bertz CT molecular complexity index is 94.6. The first kappa shape index (κ1) is 6.89. The highest BCUT2D eigenvalue weighted by molar-refractivity contribution is 7.68. The third-order valence-corrected chi connectivity index (χ3v) is 0.541. The zero-order valence-corrected chi connectivity index (χ0v) is 4.04. The maximum absolute atomic E-state index is 9.30. The van der Waals surface area contributed by atoms with Gasteiger partial charge in [0, 0.05) is 0 Å². The predicted octanol–water partition coefficient (Wildman–Crippen LogP) is -2.50. The molecule has 0 aromatic carbocycles. The lowest BCUT2D eigenvalue weighted by atomic mass is 10.3. The molecule has 0 radical (unpaired) electrons. The fourth-order valence-corrected chi connectivity index (χ4v) is 0.231. The van der Waals surface area contributed by atoms with Crippen LogP contribution in [0.4, 0.5) is 0 Å². The summed E-state index contributed by atoms with van der Waals surface area (Å²) in [6.45, 7) is 0. The van der Waals surface area contributed by atoms with Crippen LogP contribution in [0.15, 0.2) is 0 Å². The molecule has 0 spiro atoms. The second kappa shape index (κ2) is 2.97. The summed E-state index contributed by atoms with van der Waals surface area (Å²) >= 11 is 0. The van der Waals surface area contributed by atoms with Crippen molar-refractivity contribution in [1.82, 2.24) is 0 Å². The lowest BCUT2D eigenvalue weighted by molar-refractivity contribution is 0.296. The third-order valence-electron chi connectivity index (χ3n) is 0.180. The van der Waals surface area contributed by atoms with Crippen LogP contribution in [-0.2, 0) is 15.1 Å². The molecule has 7 heteroatoms. The van der Waals surface area contributed by atoms with Crippen molar-refractivity contribution >= 4 is 18.3 Å². The van der Waals surface area contributed by atoms with Crippen molar-refractivity contribution in [2.45, 2.75) is 0 Å². The van der Waals surface area contributed by atoms with Gasteiger partial charge in [-0.25, -0.2) is 8.42 Å². The summed E-state index contributed by atoms with van der Waals surface area (Å²) in [6, 6.07) is 0. The van der Waals surface area contributed by atoms with Crippen molar-refractivity contribution in [3.8, 4) is 0 Å². The van der Waals surface area contributed by atoms with Gasteiger partial charge in [-0.15, -0.1) is 0 Å². The molecule has 0 heterocycles. The van der Waals surface area contributed by atoms with E-state index in [1.54, 1.807) is 0 Å². The summed E-state index contributed by atoms with van der Waals surface area (Å²) < 4.78 is 21.9. The molecule has 7 heavy (non-hydrogen) atoms. The molecule has 0 fully saturated rings. The topological polar surface area (TPSA) is 83.8 Å². The van der Waals surface area contributed by atoms with Crippen LogP contribution in [0.3, 0.4) is 0 Å². The second-order valence-corrected chi connectivity index (χ2v) is 1.31. The fraction of sp³-hybridized carbons (Fsp3) is 0. The Morgan fingerprint density at radius 3 is 1.86 bits per heavy atom. The lowest BCUT2D eigenvalue weighted by Gasteiger charge is -1.85. The fourth-order valence-electron chi connectivity index (χ4n) is 0.0770. The molecule has 2 N–H and O–H groups in total. The monoisotopic (exact) mass is 126 g/mol. The van der Waals surface area contributed by atoms with E-state index in [0.29, 0.717) is 0 Å². The van der Waals surface area contributed by atoms with Crippen LogP contribution in [0.5, 0.6) is 0 Å². The Hall–Kier alpha value is -0.105. The molecule has 0 saturated carbocycles. The highest BCUT2D eigenvalue weighted by Gasteiger charge is 2.07. The van der Waals surface area contributed by atoms with E-state index in [0.717, 1.165) is 0 Å². The first-order chi connectivity index (χ1) is 3.13. The summed E-state index contributed by atoms with van der Waals surface area (Å²) in [5.74, 6) is 0. The maximum atomic E-state index is 9.30. The number of thiol groups is 1. The van der Waals surface area contributed by atoms with Crippen molar-refractivity contribution < 1.29 is 22.6 Å². The number of hydrogen-bond acceptors (Lipinski definition) is 5. The Labute approximate surface area is 41.9 Å². The molecule has 0 saturated heterocycles. The van der Waals surface area contributed by atoms with E-state index < -0.39 is 18.3 Å². The van der Waals surface area contributed by atoms with Crippen LogP contribution in [0.25, 0.3) is 0 Å². The summed E-state index contributed by atoms with van der Waals surface area (Å²) in [7, 11) is -5.36.